The maximum absolute atomic E-state index is 13.9. The Morgan fingerprint density at radius 1 is 1.19 bits per heavy atom. The molecule has 0 spiro atoms. The van der Waals surface area contributed by atoms with Crippen molar-refractivity contribution in [3.05, 3.63) is 64.4 Å². The first kappa shape index (κ1) is 19.8. The molecule has 1 saturated heterocycles. The molecule has 0 radical (unpaired) electrons. The highest BCUT2D eigenvalue weighted by Crippen LogP contribution is 2.17. The van der Waals surface area contributed by atoms with Crippen LogP contribution in [0.2, 0.25) is 5.02 Å². The molecule has 0 bridgehead atoms. The van der Waals surface area contributed by atoms with E-state index in [0.29, 0.717) is 17.1 Å². The average molecular weight is 392 g/mol. The zero-order valence-electron chi connectivity index (χ0n) is 15.7. The Labute approximate surface area is 164 Å². The molecule has 1 heterocycles. The molecule has 0 aliphatic carbocycles. The highest BCUT2D eigenvalue weighted by atomic mass is 35.5. The van der Waals surface area contributed by atoms with Gasteiger partial charge in [0.1, 0.15) is 18.9 Å². The van der Waals surface area contributed by atoms with Gasteiger partial charge in [-0.25, -0.2) is 4.39 Å². The lowest BCUT2D eigenvalue weighted by molar-refractivity contribution is -0.901. The van der Waals surface area contributed by atoms with Gasteiger partial charge in [-0.05, 0) is 24.3 Å². The van der Waals surface area contributed by atoms with Gasteiger partial charge < -0.3 is 15.1 Å². The lowest BCUT2D eigenvalue weighted by Gasteiger charge is -2.15. The molecule has 3 rings (SSSR count). The molecule has 1 aliphatic heterocycles. The van der Waals surface area contributed by atoms with Crippen molar-refractivity contribution in [2.45, 2.75) is 25.9 Å². The molecular formula is C21H27ClFN3O+2. The minimum atomic E-state index is -0.335. The molecule has 1 atom stereocenters. The second kappa shape index (κ2) is 9.31. The molecule has 1 amide bonds. The lowest BCUT2D eigenvalue weighted by atomic mass is 10.2. The summed E-state index contributed by atoms with van der Waals surface area (Å²) in [5.41, 5.74) is 2.52. The number of anilines is 1. The summed E-state index contributed by atoms with van der Waals surface area (Å²) in [6.07, 6.45) is 2.63. The number of hydrogen-bond donors (Lipinski definition) is 3. The van der Waals surface area contributed by atoms with Crippen LogP contribution in [0.5, 0.6) is 0 Å². The van der Waals surface area contributed by atoms with Crippen LogP contribution in [0.15, 0.2) is 42.5 Å². The molecule has 6 heteroatoms. The third-order valence-corrected chi connectivity index (χ3v) is 5.36. The van der Waals surface area contributed by atoms with Gasteiger partial charge in [0, 0.05) is 24.1 Å². The number of likely N-dealkylation sites (N-methyl/N-ethyl adjacent to an activating group) is 1. The number of rotatable bonds is 7. The number of hydrogen-bond acceptors (Lipinski definition) is 1. The Morgan fingerprint density at radius 3 is 2.56 bits per heavy atom. The smallest absolute Gasteiger partial charge is 0.279 e. The van der Waals surface area contributed by atoms with Crippen LogP contribution >= 0.6 is 11.6 Å². The van der Waals surface area contributed by atoms with Gasteiger partial charge in [0.2, 0.25) is 0 Å². The first-order chi connectivity index (χ1) is 13.0. The van der Waals surface area contributed by atoms with Crippen LogP contribution in [-0.2, 0) is 17.9 Å². The van der Waals surface area contributed by atoms with Gasteiger partial charge in [0.15, 0.2) is 6.54 Å². The van der Waals surface area contributed by atoms with Crippen molar-refractivity contribution in [3.63, 3.8) is 0 Å². The van der Waals surface area contributed by atoms with Crippen LogP contribution in [-0.4, -0.2) is 32.6 Å². The first-order valence-electron chi connectivity index (χ1n) is 9.48. The topological polar surface area (TPSA) is 38.0 Å². The Kier molecular flexibility index (Phi) is 6.83. The van der Waals surface area contributed by atoms with E-state index in [0.717, 1.165) is 17.1 Å². The second-order valence-corrected chi connectivity index (χ2v) is 7.80. The summed E-state index contributed by atoms with van der Waals surface area (Å²) >= 11 is 6.06. The summed E-state index contributed by atoms with van der Waals surface area (Å²) in [6.45, 7) is 4.14. The normalized spacial score (nSPS) is 15.7. The number of carbonyl (C=O) groups excluding carboxylic acids is 1. The fourth-order valence-electron chi connectivity index (χ4n) is 3.59. The van der Waals surface area contributed by atoms with Crippen molar-refractivity contribution in [3.8, 4) is 0 Å². The molecule has 4 nitrogen and oxygen atoms in total. The van der Waals surface area contributed by atoms with Crippen molar-refractivity contribution in [2.75, 3.05) is 32.0 Å². The monoisotopic (exact) mass is 391 g/mol. The maximum Gasteiger partial charge on any atom is 0.279 e. The summed E-state index contributed by atoms with van der Waals surface area (Å²) < 4.78 is 13.9. The van der Waals surface area contributed by atoms with Crippen molar-refractivity contribution in [2.24, 2.45) is 0 Å². The van der Waals surface area contributed by atoms with Gasteiger partial charge in [-0.2, -0.15) is 0 Å². The molecule has 27 heavy (non-hydrogen) atoms. The number of likely N-dealkylation sites (tertiary alicyclic amines) is 1. The van der Waals surface area contributed by atoms with Crippen molar-refractivity contribution in [1.82, 2.24) is 0 Å². The van der Waals surface area contributed by atoms with E-state index in [1.807, 2.05) is 19.2 Å². The zero-order valence-corrected chi connectivity index (χ0v) is 16.4. The lowest BCUT2D eigenvalue weighted by Crippen LogP contribution is -3.08. The third-order valence-electron chi connectivity index (χ3n) is 5.01. The number of nitrogens with one attached hydrogen (secondary N) is 3. The van der Waals surface area contributed by atoms with Crippen molar-refractivity contribution >= 4 is 23.2 Å². The number of benzene rings is 2. The van der Waals surface area contributed by atoms with E-state index in [9.17, 15) is 9.18 Å². The summed E-state index contributed by atoms with van der Waals surface area (Å²) in [5.74, 6) is -0.434. The van der Waals surface area contributed by atoms with E-state index in [1.54, 1.807) is 17.0 Å². The van der Waals surface area contributed by atoms with E-state index in [4.69, 9.17) is 11.6 Å². The third kappa shape index (κ3) is 5.76. The molecule has 0 saturated carbocycles. The van der Waals surface area contributed by atoms with E-state index in [2.05, 4.69) is 17.4 Å². The zero-order chi connectivity index (χ0) is 19.2. The van der Waals surface area contributed by atoms with Gasteiger partial charge in [0.05, 0.1) is 30.7 Å². The SMILES string of the molecule is C[NH+](CC(=O)Nc1ccc(C[NH+]2CCCC2)cc1)Cc1c(F)cccc1Cl. The summed E-state index contributed by atoms with van der Waals surface area (Å²) in [7, 11) is 1.85. The van der Waals surface area contributed by atoms with Gasteiger partial charge in [-0.1, -0.05) is 29.8 Å². The fourth-order valence-corrected chi connectivity index (χ4v) is 3.82. The van der Waals surface area contributed by atoms with Crippen LogP contribution in [0.4, 0.5) is 10.1 Å². The highest BCUT2D eigenvalue weighted by Gasteiger charge is 2.17. The molecule has 1 fully saturated rings. The minimum absolute atomic E-state index is 0.0992. The predicted octanol–water partition coefficient (Wildman–Crippen LogP) is 1.31. The van der Waals surface area contributed by atoms with E-state index < -0.39 is 0 Å². The first-order valence-corrected chi connectivity index (χ1v) is 9.85. The second-order valence-electron chi connectivity index (χ2n) is 7.39. The van der Waals surface area contributed by atoms with Gasteiger partial charge in [0.25, 0.3) is 5.91 Å². The summed E-state index contributed by atoms with van der Waals surface area (Å²) in [6, 6.07) is 12.7. The molecule has 3 N–H and O–H groups in total. The molecular weight excluding hydrogens is 365 g/mol. The maximum atomic E-state index is 13.9. The number of quaternary nitrogens is 2. The Balaban J connectivity index is 1.49. The van der Waals surface area contributed by atoms with Gasteiger partial charge in [-0.15, -0.1) is 0 Å². The highest BCUT2D eigenvalue weighted by molar-refractivity contribution is 6.31. The van der Waals surface area contributed by atoms with Crippen LogP contribution in [0, 0.1) is 5.82 Å². The number of halogens is 2. The Hall–Kier alpha value is -1.95. The largest absolute Gasteiger partial charge is 0.331 e. The standard InChI is InChI=1S/C21H25ClFN3O/c1-25(14-18-19(22)5-4-6-20(18)23)15-21(27)24-17-9-7-16(8-10-17)13-26-11-2-3-12-26/h4-10H,2-3,11-15H2,1H3,(H,24,27)/p+2. The van der Waals surface area contributed by atoms with Crippen molar-refractivity contribution < 1.29 is 19.0 Å². The van der Waals surface area contributed by atoms with E-state index >= 15 is 0 Å². The van der Waals surface area contributed by atoms with E-state index in [1.165, 1.54) is 37.6 Å². The Morgan fingerprint density at radius 2 is 1.89 bits per heavy atom. The molecule has 144 valence electrons. The molecule has 2 aromatic carbocycles. The molecule has 1 unspecified atom stereocenters. The van der Waals surface area contributed by atoms with Crippen molar-refractivity contribution in [1.29, 1.82) is 0 Å². The fraction of sp³-hybridized carbons (Fsp3) is 0.381. The van der Waals surface area contributed by atoms with Gasteiger partial charge in [-0.3, -0.25) is 4.79 Å². The predicted molar refractivity (Wildman–Crippen MR) is 106 cm³/mol. The minimum Gasteiger partial charge on any atom is -0.331 e. The van der Waals surface area contributed by atoms with Crippen LogP contribution in [0.1, 0.15) is 24.0 Å². The van der Waals surface area contributed by atoms with Crippen LogP contribution in [0.3, 0.4) is 0 Å². The Bertz CT molecular complexity index is 755. The quantitative estimate of drug-likeness (QED) is 0.654. The molecule has 2 aromatic rings. The average Bonchev–Trinajstić information content (AvgIpc) is 3.13. The summed E-state index contributed by atoms with van der Waals surface area (Å²) in [5, 5.41) is 3.31. The molecule has 0 aromatic heterocycles. The number of carbonyl (C=O) groups is 1. The van der Waals surface area contributed by atoms with Crippen LogP contribution < -0.4 is 15.1 Å². The van der Waals surface area contributed by atoms with Gasteiger partial charge >= 0.3 is 0 Å². The summed E-state index contributed by atoms with van der Waals surface area (Å²) in [4.78, 5) is 14.8. The number of amides is 1. The molecule has 1 aliphatic rings. The van der Waals surface area contributed by atoms with Crippen LogP contribution in [0.25, 0.3) is 0 Å². The van der Waals surface area contributed by atoms with E-state index in [-0.39, 0.29) is 18.3 Å².